The highest BCUT2D eigenvalue weighted by molar-refractivity contribution is 6.08. The van der Waals surface area contributed by atoms with Crippen molar-refractivity contribution in [3.8, 4) is 6.07 Å². The van der Waals surface area contributed by atoms with Crippen LogP contribution in [0.15, 0.2) is 24.4 Å². The predicted octanol–water partition coefficient (Wildman–Crippen LogP) is 3.56. The van der Waals surface area contributed by atoms with Gasteiger partial charge in [0, 0.05) is 22.7 Å². The highest BCUT2D eigenvalue weighted by Crippen LogP contribution is 2.28. The van der Waals surface area contributed by atoms with Crippen LogP contribution in [0.1, 0.15) is 43.1 Å². The van der Waals surface area contributed by atoms with Crippen molar-refractivity contribution < 1.29 is 4.79 Å². The average Bonchev–Trinajstić information content (AvgIpc) is 2.70. The number of H-pyrrole nitrogens is 1. The van der Waals surface area contributed by atoms with E-state index in [1.165, 1.54) is 5.56 Å². The minimum absolute atomic E-state index is 0.0427. The summed E-state index contributed by atoms with van der Waals surface area (Å²) in [5.74, 6) is -0.130. The van der Waals surface area contributed by atoms with Crippen molar-refractivity contribution in [1.82, 2.24) is 4.98 Å². The lowest BCUT2D eigenvalue weighted by atomic mass is 9.86. The van der Waals surface area contributed by atoms with Crippen LogP contribution in [-0.4, -0.2) is 10.8 Å². The van der Waals surface area contributed by atoms with E-state index in [1.54, 1.807) is 6.20 Å². The van der Waals surface area contributed by atoms with E-state index in [1.807, 2.05) is 18.2 Å². The van der Waals surface area contributed by atoms with E-state index >= 15 is 0 Å². The first-order valence-electron chi connectivity index (χ1n) is 5.95. The molecular formula is C15H16N2O. The lowest BCUT2D eigenvalue weighted by Crippen LogP contribution is -2.10. The Morgan fingerprint density at radius 1 is 1.39 bits per heavy atom. The molecule has 0 bridgehead atoms. The molecule has 0 atom stereocenters. The number of carbonyl (C=O) groups is 1. The molecule has 0 aliphatic carbocycles. The quantitative estimate of drug-likeness (QED) is 0.816. The molecule has 1 heterocycles. The lowest BCUT2D eigenvalue weighted by molar-refractivity contribution is 0.0999. The SMILES string of the molecule is CC(C)(C)c1ccc2[nH]cc(C(=O)CC#N)c2c1. The number of rotatable bonds is 2. The van der Waals surface area contributed by atoms with Gasteiger partial charge < -0.3 is 4.98 Å². The zero-order valence-corrected chi connectivity index (χ0v) is 10.9. The molecular weight excluding hydrogens is 224 g/mol. The standard InChI is InChI=1S/C15H16N2O/c1-15(2,3)10-4-5-13-11(8-10)12(9-17-13)14(18)6-7-16/h4-5,8-9,17H,6H2,1-3H3. The summed E-state index contributed by atoms with van der Waals surface area (Å²) in [6, 6.07) is 7.99. The summed E-state index contributed by atoms with van der Waals surface area (Å²) < 4.78 is 0. The number of aromatic nitrogens is 1. The van der Waals surface area contributed by atoms with Crippen LogP contribution in [0.3, 0.4) is 0 Å². The zero-order chi connectivity index (χ0) is 13.3. The van der Waals surface area contributed by atoms with Crippen molar-refractivity contribution in [2.24, 2.45) is 0 Å². The van der Waals surface area contributed by atoms with Crippen LogP contribution in [0.2, 0.25) is 0 Å². The van der Waals surface area contributed by atoms with Gasteiger partial charge in [-0.15, -0.1) is 0 Å². The largest absolute Gasteiger partial charge is 0.360 e. The van der Waals surface area contributed by atoms with Gasteiger partial charge in [0.05, 0.1) is 12.5 Å². The number of nitriles is 1. The Kier molecular flexibility index (Phi) is 2.96. The molecule has 1 N–H and O–H groups in total. The first-order valence-corrected chi connectivity index (χ1v) is 5.95. The van der Waals surface area contributed by atoms with Gasteiger partial charge in [-0.05, 0) is 23.1 Å². The number of nitrogens with one attached hydrogen (secondary N) is 1. The number of hydrogen-bond donors (Lipinski definition) is 1. The highest BCUT2D eigenvalue weighted by Gasteiger charge is 2.17. The molecule has 0 saturated heterocycles. The number of nitrogens with zero attached hydrogens (tertiary/aromatic N) is 1. The van der Waals surface area contributed by atoms with E-state index in [2.05, 4.69) is 31.8 Å². The number of fused-ring (bicyclic) bond motifs is 1. The van der Waals surface area contributed by atoms with Crippen molar-refractivity contribution >= 4 is 16.7 Å². The van der Waals surface area contributed by atoms with Gasteiger partial charge in [-0.25, -0.2) is 0 Å². The summed E-state index contributed by atoms with van der Waals surface area (Å²) in [6.45, 7) is 6.41. The molecule has 1 aromatic heterocycles. The summed E-state index contributed by atoms with van der Waals surface area (Å²) in [6.07, 6.45) is 1.61. The van der Waals surface area contributed by atoms with Gasteiger partial charge in [-0.1, -0.05) is 26.8 Å². The van der Waals surface area contributed by atoms with Crippen molar-refractivity contribution in [3.63, 3.8) is 0 Å². The molecule has 18 heavy (non-hydrogen) atoms. The third-order valence-corrected chi connectivity index (χ3v) is 3.09. The van der Waals surface area contributed by atoms with Crippen molar-refractivity contribution in [3.05, 3.63) is 35.5 Å². The minimum atomic E-state index is -0.130. The van der Waals surface area contributed by atoms with E-state index in [0.717, 1.165) is 10.9 Å². The van der Waals surface area contributed by atoms with Crippen LogP contribution in [0.4, 0.5) is 0 Å². The summed E-state index contributed by atoms with van der Waals surface area (Å²) >= 11 is 0. The van der Waals surface area contributed by atoms with Crippen LogP contribution in [0, 0.1) is 11.3 Å². The fourth-order valence-electron chi connectivity index (χ4n) is 1.98. The maximum Gasteiger partial charge on any atom is 0.179 e. The Bertz CT molecular complexity index is 639. The summed E-state index contributed by atoms with van der Waals surface area (Å²) in [5.41, 5.74) is 2.77. The summed E-state index contributed by atoms with van der Waals surface area (Å²) in [4.78, 5) is 14.9. The monoisotopic (exact) mass is 240 g/mol. The Balaban J connectivity index is 2.57. The molecule has 0 saturated carbocycles. The van der Waals surface area contributed by atoms with Crippen LogP contribution in [0.5, 0.6) is 0 Å². The molecule has 0 unspecified atom stereocenters. The molecule has 3 nitrogen and oxygen atoms in total. The fourth-order valence-corrected chi connectivity index (χ4v) is 1.98. The number of carbonyl (C=O) groups excluding carboxylic acids is 1. The van der Waals surface area contributed by atoms with Gasteiger partial charge >= 0.3 is 0 Å². The van der Waals surface area contributed by atoms with Crippen molar-refractivity contribution in [2.45, 2.75) is 32.6 Å². The molecule has 0 amide bonds. The third kappa shape index (κ3) is 2.14. The number of ketones is 1. The molecule has 0 aliphatic rings. The van der Waals surface area contributed by atoms with E-state index in [4.69, 9.17) is 5.26 Å². The Morgan fingerprint density at radius 2 is 2.11 bits per heavy atom. The van der Waals surface area contributed by atoms with Gasteiger partial charge in [-0.2, -0.15) is 5.26 Å². The maximum atomic E-state index is 11.8. The normalized spacial score (nSPS) is 11.4. The predicted molar refractivity (Wildman–Crippen MR) is 71.6 cm³/mol. The number of aromatic amines is 1. The summed E-state index contributed by atoms with van der Waals surface area (Å²) in [7, 11) is 0. The van der Waals surface area contributed by atoms with E-state index < -0.39 is 0 Å². The lowest BCUT2D eigenvalue weighted by Gasteiger charge is -2.19. The molecule has 0 aliphatic heterocycles. The van der Waals surface area contributed by atoms with Crippen molar-refractivity contribution in [1.29, 1.82) is 5.26 Å². The van der Waals surface area contributed by atoms with Gasteiger partial charge in [0.15, 0.2) is 5.78 Å². The van der Waals surface area contributed by atoms with E-state index in [9.17, 15) is 4.79 Å². The second kappa shape index (κ2) is 4.30. The van der Waals surface area contributed by atoms with Gasteiger partial charge in [-0.3, -0.25) is 4.79 Å². The first-order chi connectivity index (χ1) is 8.43. The minimum Gasteiger partial charge on any atom is -0.360 e. The maximum absolute atomic E-state index is 11.8. The number of Topliss-reactive ketones (excluding diaryl/α,β-unsaturated/α-hetero) is 1. The smallest absolute Gasteiger partial charge is 0.179 e. The molecule has 0 spiro atoms. The van der Waals surface area contributed by atoms with E-state index in [0.29, 0.717) is 5.56 Å². The number of hydrogen-bond acceptors (Lipinski definition) is 2. The van der Waals surface area contributed by atoms with E-state index in [-0.39, 0.29) is 17.6 Å². The van der Waals surface area contributed by atoms with Crippen LogP contribution < -0.4 is 0 Å². The molecule has 1 aromatic carbocycles. The molecule has 3 heteroatoms. The molecule has 2 rings (SSSR count). The topological polar surface area (TPSA) is 56.6 Å². The highest BCUT2D eigenvalue weighted by atomic mass is 16.1. The Hall–Kier alpha value is -2.08. The van der Waals surface area contributed by atoms with Crippen LogP contribution in [-0.2, 0) is 5.41 Å². The van der Waals surface area contributed by atoms with Gasteiger partial charge in [0.2, 0.25) is 0 Å². The molecule has 92 valence electrons. The zero-order valence-electron chi connectivity index (χ0n) is 10.9. The number of benzene rings is 1. The second-order valence-corrected chi connectivity index (χ2v) is 5.47. The second-order valence-electron chi connectivity index (χ2n) is 5.47. The molecule has 2 aromatic rings. The van der Waals surface area contributed by atoms with Gasteiger partial charge in [0.1, 0.15) is 0 Å². The Labute approximate surface area is 106 Å². The fraction of sp³-hybridized carbons (Fsp3) is 0.333. The molecule has 0 fully saturated rings. The third-order valence-electron chi connectivity index (χ3n) is 3.09. The Morgan fingerprint density at radius 3 is 2.72 bits per heavy atom. The van der Waals surface area contributed by atoms with Crippen LogP contribution >= 0.6 is 0 Å². The van der Waals surface area contributed by atoms with Gasteiger partial charge in [0.25, 0.3) is 0 Å². The van der Waals surface area contributed by atoms with Crippen molar-refractivity contribution in [2.75, 3.05) is 0 Å². The molecule has 0 radical (unpaired) electrons. The van der Waals surface area contributed by atoms with Crippen LogP contribution in [0.25, 0.3) is 10.9 Å². The summed E-state index contributed by atoms with van der Waals surface area (Å²) in [5, 5.41) is 9.52. The first kappa shape index (κ1) is 12.4. The average molecular weight is 240 g/mol.